The van der Waals surface area contributed by atoms with Crippen LogP contribution in [0.3, 0.4) is 0 Å². The van der Waals surface area contributed by atoms with Crippen molar-refractivity contribution >= 4 is 34.6 Å². The van der Waals surface area contributed by atoms with E-state index in [1.807, 2.05) is 31.2 Å². The highest BCUT2D eigenvalue weighted by atomic mass is 16.6. The van der Waals surface area contributed by atoms with Gasteiger partial charge in [0.05, 0.1) is 27.5 Å². The van der Waals surface area contributed by atoms with Crippen molar-refractivity contribution in [1.29, 1.82) is 0 Å². The second-order valence-electron chi connectivity index (χ2n) is 8.31. The summed E-state index contributed by atoms with van der Waals surface area (Å²) in [5.74, 6) is -0.749. The molecule has 35 heavy (non-hydrogen) atoms. The maximum absolute atomic E-state index is 13.9. The summed E-state index contributed by atoms with van der Waals surface area (Å²) in [6.07, 6.45) is 0.397. The van der Waals surface area contributed by atoms with Gasteiger partial charge in [0.1, 0.15) is 0 Å². The minimum absolute atomic E-state index is 0.129. The Hall–Kier alpha value is -4.60. The van der Waals surface area contributed by atoms with Crippen LogP contribution in [0.2, 0.25) is 0 Å². The molecule has 1 aliphatic heterocycles. The maximum atomic E-state index is 13.9. The molecule has 0 spiro atoms. The minimum Gasteiger partial charge on any atom is -0.309 e. The standard InChI is InChI=1S/C25H22N4O6/c1-16-12-24(22-10-6-7-11-23(22)26(16)17(2)30)27(19-8-4-3-5-9-19)25(31)18-13-20(28(32)33)15-21(14-18)29(34)35/h3-11,13-16,24H,12H2,1-2H3/t16-,24-/m1/s1. The minimum atomic E-state index is -0.765. The van der Waals surface area contributed by atoms with Crippen LogP contribution in [0.25, 0.3) is 0 Å². The first-order chi connectivity index (χ1) is 16.7. The van der Waals surface area contributed by atoms with Crippen molar-refractivity contribution in [2.45, 2.75) is 32.4 Å². The lowest BCUT2D eigenvalue weighted by Gasteiger charge is -2.43. The Labute approximate surface area is 200 Å². The number of non-ortho nitro benzene ring substituents is 2. The molecule has 0 bridgehead atoms. The number of anilines is 2. The molecular formula is C25H22N4O6. The third-order valence-electron chi connectivity index (χ3n) is 6.04. The molecular weight excluding hydrogens is 452 g/mol. The second kappa shape index (κ2) is 9.34. The van der Waals surface area contributed by atoms with Crippen LogP contribution < -0.4 is 9.80 Å². The Balaban J connectivity index is 1.90. The third kappa shape index (κ3) is 4.45. The highest BCUT2D eigenvalue weighted by Gasteiger charge is 2.38. The molecule has 2 amide bonds. The number of benzene rings is 3. The molecule has 3 aromatic rings. The summed E-state index contributed by atoms with van der Waals surface area (Å²) in [6.45, 7) is 3.37. The lowest BCUT2D eigenvalue weighted by atomic mass is 9.89. The quantitative estimate of drug-likeness (QED) is 0.377. The Bertz CT molecular complexity index is 1290. The van der Waals surface area contributed by atoms with Crippen LogP contribution in [-0.4, -0.2) is 27.7 Å². The molecule has 0 radical (unpaired) electrons. The molecule has 178 valence electrons. The Morgan fingerprint density at radius 1 is 0.914 bits per heavy atom. The zero-order chi connectivity index (χ0) is 25.3. The van der Waals surface area contributed by atoms with E-state index in [9.17, 15) is 29.8 Å². The molecule has 0 saturated carbocycles. The fourth-order valence-electron chi connectivity index (χ4n) is 4.60. The predicted molar refractivity (Wildman–Crippen MR) is 129 cm³/mol. The van der Waals surface area contributed by atoms with Gasteiger partial charge in [-0.1, -0.05) is 36.4 Å². The summed E-state index contributed by atoms with van der Waals surface area (Å²) in [7, 11) is 0. The van der Waals surface area contributed by atoms with Crippen LogP contribution in [-0.2, 0) is 4.79 Å². The van der Waals surface area contributed by atoms with E-state index in [1.165, 1.54) is 11.8 Å². The maximum Gasteiger partial charge on any atom is 0.277 e. The molecule has 3 aromatic carbocycles. The van der Waals surface area contributed by atoms with Crippen LogP contribution in [0.4, 0.5) is 22.7 Å². The van der Waals surface area contributed by atoms with E-state index in [1.54, 1.807) is 35.2 Å². The van der Waals surface area contributed by atoms with E-state index in [0.717, 1.165) is 23.8 Å². The fraction of sp³-hybridized carbons (Fsp3) is 0.200. The van der Waals surface area contributed by atoms with E-state index >= 15 is 0 Å². The van der Waals surface area contributed by atoms with Crippen molar-refractivity contribution < 1.29 is 19.4 Å². The highest BCUT2D eigenvalue weighted by Crippen LogP contribution is 2.43. The first-order valence-electron chi connectivity index (χ1n) is 10.9. The normalized spacial score (nSPS) is 16.8. The Kier molecular flexibility index (Phi) is 6.28. The number of amides is 2. The topological polar surface area (TPSA) is 127 Å². The molecule has 0 aliphatic carbocycles. The summed E-state index contributed by atoms with van der Waals surface area (Å²) in [4.78, 5) is 50.8. The molecule has 10 nitrogen and oxygen atoms in total. The van der Waals surface area contributed by atoms with Gasteiger partial charge in [-0.15, -0.1) is 0 Å². The number of nitrogens with zero attached hydrogens (tertiary/aromatic N) is 4. The molecule has 0 N–H and O–H groups in total. The number of hydrogen-bond donors (Lipinski definition) is 0. The van der Waals surface area contributed by atoms with Crippen LogP contribution >= 0.6 is 0 Å². The summed E-state index contributed by atoms with van der Waals surface area (Å²) >= 11 is 0. The van der Waals surface area contributed by atoms with Gasteiger partial charge in [-0.05, 0) is 37.1 Å². The summed E-state index contributed by atoms with van der Waals surface area (Å²) < 4.78 is 0. The fourth-order valence-corrected chi connectivity index (χ4v) is 4.60. The molecule has 1 heterocycles. The van der Waals surface area contributed by atoms with Crippen molar-refractivity contribution in [2.75, 3.05) is 9.80 Å². The van der Waals surface area contributed by atoms with Gasteiger partial charge in [-0.25, -0.2) is 0 Å². The van der Waals surface area contributed by atoms with E-state index in [0.29, 0.717) is 17.8 Å². The largest absolute Gasteiger partial charge is 0.309 e. The van der Waals surface area contributed by atoms with Crippen molar-refractivity contribution in [1.82, 2.24) is 0 Å². The number of carbonyl (C=O) groups excluding carboxylic acids is 2. The Morgan fingerprint density at radius 3 is 2.06 bits per heavy atom. The van der Waals surface area contributed by atoms with Gasteiger partial charge in [-0.2, -0.15) is 0 Å². The third-order valence-corrected chi connectivity index (χ3v) is 6.04. The first kappa shape index (κ1) is 23.6. The van der Waals surface area contributed by atoms with Gasteiger partial charge in [0, 0.05) is 36.5 Å². The average molecular weight is 474 g/mol. The van der Waals surface area contributed by atoms with Crippen molar-refractivity contribution in [3.8, 4) is 0 Å². The molecule has 1 aliphatic rings. The van der Waals surface area contributed by atoms with E-state index in [4.69, 9.17) is 0 Å². The van der Waals surface area contributed by atoms with Crippen molar-refractivity contribution in [2.24, 2.45) is 0 Å². The lowest BCUT2D eigenvalue weighted by molar-refractivity contribution is -0.394. The van der Waals surface area contributed by atoms with Gasteiger partial charge in [0.15, 0.2) is 0 Å². The summed E-state index contributed by atoms with van der Waals surface area (Å²) in [5.41, 5.74) is 0.663. The smallest absolute Gasteiger partial charge is 0.277 e. The van der Waals surface area contributed by atoms with Gasteiger partial charge in [0.25, 0.3) is 17.3 Å². The van der Waals surface area contributed by atoms with Crippen LogP contribution in [0, 0.1) is 20.2 Å². The van der Waals surface area contributed by atoms with E-state index in [-0.39, 0.29) is 17.5 Å². The molecule has 4 rings (SSSR count). The van der Waals surface area contributed by atoms with Crippen molar-refractivity contribution in [3.63, 3.8) is 0 Å². The van der Waals surface area contributed by atoms with Crippen LogP contribution in [0.15, 0.2) is 72.8 Å². The second-order valence-corrected chi connectivity index (χ2v) is 8.31. The highest BCUT2D eigenvalue weighted by molar-refractivity contribution is 6.08. The van der Waals surface area contributed by atoms with Gasteiger partial charge in [0.2, 0.25) is 5.91 Å². The average Bonchev–Trinajstić information content (AvgIpc) is 2.84. The van der Waals surface area contributed by atoms with Gasteiger partial charge >= 0.3 is 0 Å². The van der Waals surface area contributed by atoms with Crippen molar-refractivity contribution in [3.05, 3.63) is 104 Å². The molecule has 0 unspecified atom stereocenters. The van der Waals surface area contributed by atoms with Crippen LogP contribution in [0.1, 0.15) is 42.2 Å². The van der Waals surface area contributed by atoms with E-state index < -0.39 is 33.2 Å². The number of fused-ring (bicyclic) bond motifs is 1. The zero-order valence-corrected chi connectivity index (χ0v) is 19.0. The number of nitro benzene ring substituents is 2. The molecule has 0 aromatic heterocycles. The van der Waals surface area contributed by atoms with E-state index in [2.05, 4.69) is 0 Å². The SMILES string of the molecule is CC(=O)N1c2ccccc2[C@H](N(C(=O)c2cc([N+](=O)[O-])cc([N+](=O)[O-])c2)c2ccccc2)C[C@H]1C. The zero-order valence-electron chi connectivity index (χ0n) is 19.0. The molecule has 0 saturated heterocycles. The lowest BCUT2D eigenvalue weighted by Crippen LogP contribution is -2.47. The molecule has 10 heteroatoms. The summed E-state index contributed by atoms with van der Waals surface area (Å²) in [5, 5.41) is 22.8. The van der Waals surface area contributed by atoms with Crippen LogP contribution in [0.5, 0.6) is 0 Å². The number of para-hydroxylation sites is 2. The molecule has 0 fully saturated rings. The van der Waals surface area contributed by atoms with Gasteiger partial charge < -0.3 is 9.80 Å². The summed E-state index contributed by atoms with van der Waals surface area (Å²) in [6, 6.07) is 18.2. The number of carbonyl (C=O) groups is 2. The predicted octanol–water partition coefficient (Wildman–Crippen LogP) is 5.04. The number of nitro groups is 2. The molecule has 2 atom stereocenters. The number of rotatable bonds is 5. The first-order valence-corrected chi connectivity index (χ1v) is 10.9. The monoisotopic (exact) mass is 474 g/mol. The Morgan fingerprint density at radius 2 is 1.49 bits per heavy atom. The number of hydrogen-bond acceptors (Lipinski definition) is 6. The van der Waals surface area contributed by atoms with Gasteiger partial charge in [-0.3, -0.25) is 29.8 Å².